The Morgan fingerprint density at radius 3 is 2.10 bits per heavy atom. The van der Waals surface area contributed by atoms with Crippen LogP contribution in [0.3, 0.4) is 0 Å². The van der Waals surface area contributed by atoms with Gasteiger partial charge >= 0.3 is 6.03 Å². The first kappa shape index (κ1) is 21.8. The van der Waals surface area contributed by atoms with E-state index in [1.165, 1.54) is 24.3 Å². The quantitative estimate of drug-likeness (QED) is 0.373. The SMILES string of the molecule is Nc1ccccc1NC(=O)c1ccc(CNC(=O)Nc2ccc(S(N)(=O)=O)cc2)cc1. The molecule has 3 rings (SSSR count). The first-order chi connectivity index (χ1) is 14.7. The molecule has 0 spiro atoms. The number of para-hydroxylation sites is 2. The maximum atomic E-state index is 12.3. The normalized spacial score (nSPS) is 10.9. The van der Waals surface area contributed by atoms with Crippen LogP contribution in [0.2, 0.25) is 0 Å². The van der Waals surface area contributed by atoms with Gasteiger partial charge in [0.1, 0.15) is 0 Å². The summed E-state index contributed by atoms with van der Waals surface area (Å²) in [7, 11) is -3.79. The maximum Gasteiger partial charge on any atom is 0.319 e. The van der Waals surface area contributed by atoms with E-state index in [1.807, 2.05) is 0 Å². The molecule has 0 saturated carbocycles. The molecule has 0 unspecified atom stereocenters. The number of hydrogen-bond donors (Lipinski definition) is 5. The minimum Gasteiger partial charge on any atom is -0.397 e. The zero-order valence-corrected chi connectivity index (χ0v) is 17.1. The summed E-state index contributed by atoms with van der Waals surface area (Å²) in [6, 6.07) is 18.7. The van der Waals surface area contributed by atoms with E-state index in [1.54, 1.807) is 48.5 Å². The Hall–Kier alpha value is -3.89. The highest BCUT2D eigenvalue weighted by molar-refractivity contribution is 7.89. The predicted molar refractivity (Wildman–Crippen MR) is 119 cm³/mol. The summed E-state index contributed by atoms with van der Waals surface area (Å²) in [6.07, 6.45) is 0. The van der Waals surface area contributed by atoms with Gasteiger partial charge in [0.2, 0.25) is 10.0 Å². The lowest BCUT2D eigenvalue weighted by molar-refractivity contribution is 0.102. The molecule has 160 valence electrons. The van der Waals surface area contributed by atoms with Crippen LogP contribution in [-0.2, 0) is 16.6 Å². The zero-order valence-electron chi connectivity index (χ0n) is 16.3. The second-order valence-corrected chi connectivity index (χ2v) is 8.18. The van der Waals surface area contributed by atoms with Crippen molar-refractivity contribution in [3.05, 3.63) is 83.9 Å². The molecule has 7 N–H and O–H groups in total. The van der Waals surface area contributed by atoms with Gasteiger partial charge in [-0.3, -0.25) is 4.79 Å². The minimum absolute atomic E-state index is 0.0439. The van der Waals surface area contributed by atoms with Crippen LogP contribution in [0, 0.1) is 0 Å². The number of urea groups is 1. The summed E-state index contributed by atoms with van der Waals surface area (Å²) in [6.45, 7) is 0.231. The second-order valence-electron chi connectivity index (χ2n) is 6.62. The monoisotopic (exact) mass is 439 g/mol. The fourth-order valence-corrected chi connectivity index (χ4v) is 3.18. The standard InChI is InChI=1S/C21H21N5O4S/c22-18-3-1-2-4-19(18)26-20(27)15-7-5-14(6-8-15)13-24-21(28)25-16-9-11-17(12-10-16)31(23,29)30/h1-12H,13,22H2,(H,26,27)(H2,23,29,30)(H2,24,25,28). The smallest absolute Gasteiger partial charge is 0.319 e. The van der Waals surface area contributed by atoms with Gasteiger partial charge < -0.3 is 21.7 Å². The maximum absolute atomic E-state index is 12.3. The number of hydrogen-bond acceptors (Lipinski definition) is 5. The third-order valence-electron chi connectivity index (χ3n) is 4.32. The van der Waals surface area contributed by atoms with Crippen LogP contribution in [0.4, 0.5) is 21.9 Å². The van der Waals surface area contributed by atoms with Gasteiger partial charge in [-0.25, -0.2) is 18.4 Å². The third kappa shape index (κ3) is 6.04. The van der Waals surface area contributed by atoms with Crippen LogP contribution in [0.5, 0.6) is 0 Å². The summed E-state index contributed by atoms with van der Waals surface area (Å²) in [5, 5.41) is 13.1. The van der Waals surface area contributed by atoms with Gasteiger partial charge in [-0.05, 0) is 54.1 Å². The molecular weight excluding hydrogens is 418 g/mol. The van der Waals surface area contributed by atoms with E-state index in [-0.39, 0.29) is 17.3 Å². The Balaban J connectivity index is 1.52. The molecule has 0 saturated heterocycles. The highest BCUT2D eigenvalue weighted by Gasteiger charge is 2.09. The molecular formula is C21H21N5O4S. The van der Waals surface area contributed by atoms with Gasteiger partial charge in [0.25, 0.3) is 5.91 Å². The Kier molecular flexibility index (Phi) is 6.53. The minimum atomic E-state index is -3.79. The lowest BCUT2D eigenvalue weighted by Crippen LogP contribution is -2.28. The number of primary sulfonamides is 1. The van der Waals surface area contributed by atoms with Crippen LogP contribution < -0.4 is 26.8 Å². The molecule has 3 amide bonds. The fourth-order valence-electron chi connectivity index (χ4n) is 2.66. The van der Waals surface area contributed by atoms with Crippen molar-refractivity contribution >= 4 is 39.0 Å². The highest BCUT2D eigenvalue weighted by atomic mass is 32.2. The molecule has 0 aliphatic heterocycles. The molecule has 0 aliphatic rings. The van der Waals surface area contributed by atoms with Crippen LogP contribution in [0.25, 0.3) is 0 Å². The summed E-state index contributed by atoms with van der Waals surface area (Å²) >= 11 is 0. The molecule has 0 aliphatic carbocycles. The lowest BCUT2D eigenvalue weighted by Gasteiger charge is -2.10. The van der Waals surface area contributed by atoms with Crippen LogP contribution in [0.15, 0.2) is 77.7 Å². The summed E-state index contributed by atoms with van der Waals surface area (Å²) < 4.78 is 22.5. The number of sulfonamides is 1. The molecule has 0 heterocycles. The number of anilines is 3. The van der Waals surface area contributed by atoms with Crippen LogP contribution >= 0.6 is 0 Å². The largest absolute Gasteiger partial charge is 0.397 e. The summed E-state index contributed by atoms with van der Waals surface area (Å²) in [4.78, 5) is 24.3. The number of nitrogens with one attached hydrogen (secondary N) is 3. The number of carbonyl (C=O) groups excluding carboxylic acids is 2. The van der Waals surface area contributed by atoms with E-state index < -0.39 is 16.1 Å². The molecule has 0 fully saturated rings. The van der Waals surface area contributed by atoms with E-state index in [0.29, 0.717) is 22.6 Å². The molecule has 9 nitrogen and oxygen atoms in total. The van der Waals surface area contributed by atoms with Gasteiger partial charge in [-0.1, -0.05) is 24.3 Å². The first-order valence-corrected chi connectivity index (χ1v) is 10.7. The van der Waals surface area contributed by atoms with Gasteiger partial charge in [0.15, 0.2) is 0 Å². The number of nitrogen functional groups attached to an aromatic ring is 1. The van der Waals surface area contributed by atoms with Crippen molar-refractivity contribution < 1.29 is 18.0 Å². The predicted octanol–water partition coefficient (Wildman–Crippen LogP) is 2.49. The third-order valence-corrected chi connectivity index (χ3v) is 5.25. The molecule has 31 heavy (non-hydrogen) atoms. The molecule has 0 atom stereocenters. The van der Waals surface area contributed by atoms with Crippen molar-refractivity contribution in [3.8, 4) is 0 Å². The Labute approximate surface area is 179 Å². The van der Waals surface area contributed by atoms with Crippen molar-refractivity contribution in [2.45, 2.75) is 11.4 Å². The number of amides is 3. The van der Waals surface area contributed by atoms with E-state index in [9.17, 15) is 18.0 Å². The van der Waals surface area contributed by atoms with Crippen LogP contribution in [-0.4, -0.2) is 20.4 Å². The van der Waals surface area contributed by atoms with Gasteiger partial charge in [-0.2, -0.15) is 0 Å². The van der Waals surface area contributed by atoms with Crippen molar-refractivity contribution in [1.29, 1.82) is 0 Å². The Morgan fingerprint density at radius 1 is 0.839 bits per heavy atom. The van der Waals surface area contributed by atoms with Gasteiger partial charge in [-0.15, -0.1) is 0 Å². The van der Waals surface area contributed by atoms with Crippen molar-refractivity contribution in [2.75, 3.05) is 16.4 Å². The molecule has 3 aromatic carbocycles. The molecule has 0 radical (unpaired) electrons. The Bertz CT molecular complexity index is 1190. The van der Waals surface area contributed by atoms with Crippen molar-refractivity contribution in [3.63, 3.8) is 0 Å². The molecule has 0 bridgehead atoms. The summed E-state index contributed by atoms with van der Waals surface area (Å²) in [5.74, 6) is -0.293. The summed E-state index contributed by atoms with van der Waals surface area (Å²) in [5.41, 5.74) is 8.49. The topological polar surface area (TPSA) is 156 Å². The van der Waals surface area contributed by atoms with E-state index >= 15 is 0 Å². The zero-order chi connectivity index (χ0) is 22.4. The van der Waals surface area contributed by atoms with Crippen molar-refractivity contribution in [1.82, 2.24) is 5.32 Å². The number of benzene rings is 3. The van der Waals surface area contributed by atoms with Gasteiger partial charge in [0.05, 0.1) is 16.3 Å². The number of rotatable bonds is 6. The number of carbonyl (C=O) groups is 2. The van der Waals surface area contributed by atoms with Crippen LogP contribution in [0.1, 0.15) is 15.9 Å². The lowest BCUT2D eigenvalue weighted by atomic mass is 10.1. The van der Waals surface area contributed by atoms with Gasteiger partial charge in [0, 0.05) is 17.8 Å². The van der Waals surface area contributed by atoms with E-state index in [0.717, 1.165) is 5.56 Å². The second kappa shape index (κ2) is 9.28. The average Bonchev–Trinajstić information content (AvgIpc) is 2.74. The first-order valence-electron chi connectivity index (χ1n) is 9.15. The molecule has 10 heteroatoms. The molecule has 3 aromatic rings. The highest BCUT2D eigenvalue weighted by Crippen LogP contribution is 2.18. The number of nitrogens with two attached hydrogens (primary N) is 2. The fraction of sp³-hybridized carbons (Fsp3) is 0.0476. The van der Waals surface area contributed by atoms with Crippen molar-refractivity contribution in [2.24, 2.45) is 5.14 Å². The average molecular weight is 439 g/mol. The van der Waals surface area contributed by atoms with E-state index in [4.69, 9.17) is 10.9 Å². The Morgan fingerprint density at radius 2 is 1.48 bits per heavy atom. The van der Waals surface area contributed by atoms with E-state index in [2.05, 4.69) is 16.0 Å². The molecule has 0 aromatic heterocycles.